The summed E-state index contributed by atoms with van der Waals surface area (Å²) in [6.07, 6.45) is 0.816. The maximum atomic E-state index is 9.14. The number of aliphatic hydroxyl groups is 1. The van der Waals surface area contributed by atoms with Gasteiger partial charge in [-0.3, -0.25) is 0 Å². The van der Waals surface area contributed by atoms with Crippen LogP contribution in [0.2, 0.25) is 10.0 Å². The van der Waals surface area contributed by atoms with Gasteiger partial charge in [0.15, 0.2) is 5.75 Å². The molecule has 0 heterocycles. The van der Waals surface area contributed by atoms with Gasteiger partial charge in [0.1, 0.15) is 12.4 Å². The van der Waals surface area contributed by atoms with E-state index in [-0.39, 0.29) is 15.9 Å². The summed E-state index contributed by atoms with van der Waals surface area (Å²) in [6.45, 7) is 5.21. The van der Waals surface area contributed by atoms with Gasteiger partial charge in [0, 0.05) is 11.3 Å². The second-order valence-corrected chi connectivity index (χ2v) is 9.85. The lowest BCUT2D eigenvalue weighted by Crippen LogP contribution is -2.19. The highest BCUT2D eigenvalue weighted by molar-refractivity contribution is 14.1. The average molecular weight is 558 g/mol. The molecule has 0 aliphatic rings. The van der Waals surface area contributed by atoms with Crippen molar-refractivity contribution >= 4 is 57.4 Å². The molecular weight excluding hydrogens is 533 g/mol. The van der Waals surface area contributed by atoms with E-state index < -0.39 is 0 Å². The van der Waals surface area contributed by atoms with E-state index in [0.717, 1.165) is 23.3 Å². The fourth-order valence-corrected chi connectivity index (χ4v) is 3.55. The molecule has 0 bridgehead atoms. The number of hydrogen-bond acceptors (Lipinski definition) is 3. The van der Waals surface area contributed by atoms with E-state index in [9.17, 15) is 0 Å². The molecule has 0 aliphatic heterocycles. The number of rotatable bonds is 10. The lowest BCUT2D eigenvalue weighted by molar-refractivity contribution is 0.247. The molecule has 28 heavy (non-hydrogen) atoms. The first kappa shape index (κ1) is 23.9. The van der Waals surface area contributed by atoms with Gasteiger partial charge in [-0.05, 0) is 41.8 Å². The van der Waals surface area contributed by atoms with Crippen molar-refractivity contribution in [2.45, 2.75) is 29.6 Å². The molecule has 3 nitrogen and oxygen atoms in total. The maximum Gasteiger partial charge on any atom is 0.156 e. The second-order valence-electron chi connectivity index (χ2n) is 6.90. The maximum absolute atomic E-state index is 9.14. The third kappa shape index (κ3) is 6.30. The lowest BCUT2D eigenvalue weighted by atomic mass is 9.78. The van der Waals surface area contributed by atoms with E-state index in [2.05, 4.69) is 36.4 Å². The van der Waals surface area contributed by atoms with Crippen molar-refractivity contribution in [2.75, 3.05) is 25.7 Å². The summed E-state index contributed by atoms with van der Waals surface area (Å²) in [6, 6.07) is 11.8. The SMILES string of the molecule is CC(C)(c1ccc(OCCCCl)cc1)c1cc(Cl)c(OC[C@@H](I)CO)c(Cl)c1. The first-order chi connectivity index (χ1) is 13.3. The fraction of sp³-hybridized carbons (Fsp3) is 0.429. The molecule has 2 rings (SSSR count). The zero-order valence-corrected chi connectivity index (χ0v) is 20.3. The Labute approximate surface area is 195 Å². The van der Waals surface area contributed by atoms with E-state index in [1.54, 1.807) is 0 Å². The molecule has 2 aromatic carbocycles. The average Bonchev–Trinajstić information content (AvgIpc) is 2.67. The van der Waals surface area contributed by atoms with E-state index in [1.807, 2.05) is 36.4 Å². The summed E-state index contributed by atoms with van der Waals surface area (Å²) < 4.78 is 11.3. The van der Waals surface area contributed by atoms with Crippen molar-refractivity contribution in [2.24, 2.45) is 0 Å². The number of benzene rings is 2. The van der Waals surface area contributed by atoms with Gasteiger partial charge >= 0.3 is 0 Å². The summed E-state index contributed by atoms with van der Waals surface area (Å²) in [4.78, 5) is 0. The highest BCUT2D eigenvalue weighted by Gasteiger charge is 2.26. The van der Waals surface area contributed by atoms with Gasteiger partial charge in [-0.1, -0.05) is 71.8 Å². The number of halogens is 4. The molecule has 0 saturated heterocycles. The van der Waals surface area contributed by atoms with Crippen molar-refractivity contribution < 1.29 is 14.6 Å². The van der Waals surface area contributed by atoms with Crippen molar-refractivity contribution in [3.63, 3.8) is 0 Å². The molecule has 0 amide bonds. The largest absolute Gasteiger partial charge is 0.494 e. The van der Waals surface area contributed by atoms with Crippen LogP contribution < -0.4 is 9.47 Å². The predicted octanol–water partition coefficient (Wildman–Crippen LogP) is 6.50. The molecule has 1 N–H and O–H groups in total. The number of ether oxygens (including phenoxy) is 2. The fourth-order valence-electron chi connectivity index (χ4n) is 2.66. The molecule has 7 heteroatoms. The van der Waals surface area contributed by atoms with Crippen LogP contribution >= 0.6 is 57.4 Å². The van der Waals surface area contributed by atoms with Crippen molar-refractivity contribution in [3.8, 4) is 11.5 Å². The van der Waals surface area contributed by atoms with Crippen molar-refractivity contribution in [1.82, 2.24) is 0 Å². The van der Waals surface area contributed by atoms with Gasteiger partial charge in [-0.25, -0.2) is 0 Å². The Morgan fingerprint density at radius 2 is 1.64 bits per heavy atom. The molecule has 154 valence electrons. The Kier molecular flexibility index (Phi) is 9.48. The van der Waals surface area contributed by atoms with Crippen molar-refractivity contribution in [1.29, 1.82) is 0 Å². The van der Waals surface area contributed by atoms with Crippen LogP contribution in [0.15, 0.2) is 36.4 Å². The zero-order valence-electron chi connectivity index (χ0n) is 15.9. The quantitative estimate of drug-likeness (QED) is 0.206. The molecule has 0 aliphatic carbocycles. The number of hydrogen-bond donors (Lipinski definition) is 1. The summed E-state index contributed by atoms with van der Waals surface area (Å²) in [5, 5.41) is 10.1. The Bertz CT molecular complexity index is 743. The highest BCUT2D eigenvalue weighted by Crippen LogP contribution is 2.40. The zero-order chi connectivity index (χ0) is 20.7. The molecule has 1 atom stereocenters. The topological polar surface area (TPSA) is 38.7 Å². The van der Waals surface area contributed by atoms with E-state index in [0.29, 0.717) is 34.9 Å². The normalized spacial score (nSPS) is 12.7. The molecule has 0 saturated carbocycles. The third-order valence-corrected chi connectivity index (χ3v) is 6.03. The van der Waals surface area contributed by atoms with E-state index in [1.165, 1.54) is 0 Å². The van der Waals surface area contributed by atoms with Crippen LogP contribution in [0.5, 0.6) is 11.5 Å². The second kappa shape index (κ2) is 11.1. The molecule has 0 radical (unpaired) electrons. The molecule has 0 spiro atoms. The van der Waals surface area contributed by atoms with Gasteiger partial charge < -0.3 is 14.6 Å². The Balaban J connectivity index is 2.20. The monoisotopic (exact) mass is 556 g/mol. The molecule has 0 unspecified atom stereocenters. The van der Waals surface area contributed by atoms with Crippen molar-refractivity contribution in [3.05, 3.63) is 57.6 Å². The number of alkyl halides is 2. The van der Waals surface area contributed by atoms with Crippen LogP contribution in [0.4, 0.5) is 0 Å². The van der Waals surface area contributed by atoms with Gasteiger partial charge in [0.2, 0.25) is 0 Å². The van der Waals surface area contributed by atoms with E-state index >= 15 is 0 Å². The molecular formula is C21H24Cl3IO3. The predicted molar refractivity (Wildman–Crippen MR) is 126 cm³/mol. The summed E-state index contributed by atoms with van der Waals surface area (Å²) in [7, 11) is 0. The van der Waals surface area contributed by atoms with Crippen LogP contribution in [-0.2, 0) is 5.41 Å². The smallest absolute Gasteiger partial charge is 0.156 e. The lowest BCUT2D eigenvalue weighted by Gasteiger charge is -2.27. The van der Waals surface area contributed by atoms with E-state index in [4.69, 9.17) is 49.4 Å². The highest BCUT2D eigenvalue weighted by atomic mass is 127. The Hall–Kier alpha value is -0.400. The standard InChI is InChI=1S/C21H24Cl3IO3/c1-21(2,14-4-6-17(7-5-14)27-9-3-8-22)15-10-18(23)20(19(24)11-15)28-13-16(25)12-26/h4-7,10-11,16,26H,3,8-9,12-13H2,1-2H3/t16-/m0/s1. The van der Waals surface area contributed by atoms with Gasteiger partial charge in [-0.15, -0.1) is 11.6 Å². The minimum Gasteiger partial charge on any atom is -0.494 e. The summed E-state index contributed by atoms with van der Waals surface area (Å²) in [5.74, 6) is 1.85. The van der Waals surface area contributed by atoms with Gasteiger partial charge in [0.05, 0.1) is 27.2 Å². The third-order valence-electron chi connectivity index (χ3n) is 4.45. The van der Waals surface area contributed by atoms with Crippen LogP contribution in [0, 0.1) is 0 Å². The minimum absolute atomic E-state index is 0.0222. The molecule has 0 fully saturated rings. The summed E-state index contributed by atoms with van der Waals surface area (Å²) >= 11 is 20.7. The van der Waals surface area contributed by atoms with Crippen LogP contribution in [0.25, 0.3) is 0 Å². The summed E-state index contributed by atoms with van der Waals surface area (Å²) in [5.41, 5.74) is 1.79. The van der Waals surface area contributed by atoms with Crippen LogP contribution in [0.1, 0.15) is 31.4 Å². The van der Waals surface area contributed by atoms with Gasteiger partial charge in [0.25, 0.3) is 0 Å². The first-order valence-corrected chi connectivity index (χ1v) is 11.5. The van der Waals surface area contributed by atoms with Crippen LogP contribution in [0.3, 0.4) is 0 Å². The van der Waals surface area contributed by atoms with Crippen LogP contribution in [-0.4, -0.2) is 34.7 Å². The molecule has 0 aromatic heterocycles. The Morgan fingerprint density at radius 3 is 2.18 bits per heavy atom. The first-order valence-electron chi connectivity index (χ1n) is 8.96. The van der Waals surface area contributed by atoms with Gasteiger partial charge in [-0.2, -0.15) is 0 Å². The minimum atomic E-state index is -0.308. The molecule has 2 aromatic rings. The Morgan fingerprint density at radius 1 is 1.04 bits per heavy atom. The number of aliphatic hydroxyl groups excluding tert-OH is 1.